The van der Waals surface area contributed by atoms with Crippen LogP contribution in [0.3, 0.4) is 0 Å². The first-order valence-corrected chi connectivity index (χ1v) is 9.46. The normalized spacial score (nSPS) is 17.1. The quantitative estimate of drug-likeness (QED) is 0.659. The van der Waals surface area contributed by atoms with Crippen LogP contribution in [0.15, 0.2) is 18.2 Å². The minimum Gasteiger partial charge on any atom is -0.369 e. The highest BCUT2D eigenvalue weighted by molar-refractivity contribution is 5.60. The number of anilines is 1. The monoisotopic (exact) mass is 355 g/mol. The van der Waals surface area contributed by atoms with E-state index in [9.17, 15) is 10.1 Å². The van der Waals surface area contributed by atoms with E-state index in [0.717, 1.165) is 48.7 Å². The predicted molar refractivity (Wildman–Crippen MR) is 101 cm³/mol. The Labute approximate surface area is 153 Å². The number of benzene rings is 1. The molecule has 2 aliphatic heterocycles. The molecule has 7 heteroatoms. The molecule has 1 saturated heterocycles. The number of nitrogens with one attached hydrogen (secondary N) is 1. The zero-order valence-corrected chi connectivity index (χ0v) is 15.2. The van der Waals surface area contributed by atoms with Crippen molar-refractivity contribution in [3.8, 4) is 5.69 Å². The van der Waals surface area contributed by atoms with Gasteiger partial charge in [-0.05, 0) is 44.8 Å². The van der Waals surface area contributed by atoms with Crippen LogP contribution < -0.4 is 5.32 Å². The van der Waals surface area contributed by atoms with Crippen molar-refractivity contribution in [2.24, 2.45) is 0 Å². The van der Waals surface area contributed by atoms with Crippen molar-refractivity contribution in [3.05, 3.63) is 45.1 Å². The standard InChI is InChI=1S/C19H25N5O2/c1-14-5-6-15(24(25)26)13-18(14)23-19-16(7-9-20-19)17(21-23)8-12-22-10-3-2-4-11-22/h5-6,13,20H,2-4,7-12H2,1H3. The Morgan fingerprint density at radius 3 is 2.85 bits per heavy atom. The Bertz CT molecular complexity index is 824. The fourth-order valence-electron chi connectivity index (χ4n) is 4.01. The lowest BCUT2D eigenvalue weighted by molar-refractivity contribution is -0.384. The summed E-state index contributed by atoms with van der Waals surface area (Å²) in [6.07, 6.45) is 5.84. The van der Waals surface area contributed by atoms with Gasteiger partial charge in [0.2, 0.25) is 0 Å². The first kappa shape index (κ1) is 17.0. The third-order valence-corrected chi connectivity index (χ3v) is 5.48. The molecule has 138 valence electrons. The summed E-state index contributed by atoms with van der Waals surface area (Å²) in [5.74, 6) is 1.00. The van der Waals surface area contributed by atoms with Gasteiger partial charge in [0.25, 0.3) is 5.69 Å². The highest BCUT2D eigenvalue weighted by Gasteiger charge is 2.25. The molecule has 1 aromatic carbocycles. The molecule has 7 nitrogen and oxygen atoms in total. The van der Waals surface area contributed by atoms with E-state index in [1.807, 2.05) is 11.6 Å². The number of likely N-dealkylation sites (tertiary alicyclic amines) is 1. The third-order valence-electron chi connectivity index (χ3n) is 5.48. The van der Waals surface area contributed by atoms with E-state index in [-0.39, 0.29) is 10.6 Å². The number of fused-ring (bicyclic) bond motifs is 1. The molecule has 0 spiro atoms. The van der Waals surface area contributed by atoms with Crippen molar-refractivity contribution in [3.63, 3.8) is 0 Å². The minimum absolute atomic E-state index is 0.0997. The van der Waals surface area contributed by atoms with Crippen LogP contribution in [0.5, 0.6) is 0 Å². The van der Waals surface area contributed by atoms with Gasteiger partial charge in [0.15, 0.2) is 0 Å². The topological polar surface area (TPSA) is 76.2 Å². The summed E-state index contributed by atoms with van der Waals surface area (Å²) in [7, 11) is 0. The molecule has 2 aromatic rings. The molecule has 26 heavy (non-hydrogen) atoms. The zero-order valence-electron chi connectivity index (χ0n) is 15.2. The van der Waals surface area contributed by atoms with Gasteiger partial charge >= 0.3 is 0 Å². The lowest BCUT2D eigenvalue weighted by atomic mass is 10.1. The highest BCUT2D eigenvalue weighted by Crippen LogP contribution is 2.31. The zero-order chi connectivity index (χ0) is 18.1. The first-order valence-electron chi connectivity index (χ1n) is 9.46. The SMILES string of the molecule is Cc1ccc([N+](=O)[O-])cc1-n1nc(CCN2CCCCC2)c2c1NCC2. The number of piperidine rings is 1. The maximum absolute atomic E-state index is 11.2. The molecular weight excluding hydrogens is 330 g/mol. The second-order valence-corrected chi connectivity index (χ2v) is 7.24. The number of hydrogen-bond acceptors (Lipinski definition) is 5. The fourth-order valence-corrected chi connectivity index (χ4v) is 4.01. The lowest BCUT2D eigenvalue weighted by Crippen LogP contribution is -2.31. The number of aromatic nitrogens is 2. The van der Waals surface area contributed by atoms with E-state index in [1.165, 1.54) is 37.9 Å². The summed E-state index contributed by atoms with van der Waals surface area (Å²) in [6.45, 7) is 6.28. The van der Waals surface area contributed by atoms with E-state index in [4.69, 9.17) is 5.10 Å². The Morgan fingerprint density at radius 1 is 1.27 bits per heavy atom. The van der Waals surface area contributed by atoms with Crippen molar-refractivity contribution in [2.45, 2.75) is 39.0 Å². The van der Waals surface area contributed by atoms with Crippen molar-refractivity contribution in [2.75, 3.05) is 31.5 Å². The van der Waals surface area contributed by atoms with Gasteiger partial charge in [-0.1, -0.05) is 12.5 Å². The maximum atomic E-state index is 11.2. The van der Waals surface area contributed by atoms with Gasteiger partial charge in [-0.2, -0.15) is 5.10 Å². The Kier molecular flexibility index (Phi) is 4.63. The predicted octanol–water partition coefficient (Wildman–Crippen LogP) is 3.09. The second-order valence-electron chi connectivity index (χ2n) is 7.24. The molecule has 0 unspecified atom stereocenters. The molecule has 0 aliphatic carbocycles. The number of non-ortho nitro benzene ring substituents is 1. The lowest BCUT2D eigenvalue weighted by Gasteiger charge is -2.26. The van der Waals surface area contributed by atoms with Crippen molar-refractivity contribution in [1.82, 2.24) is 14.7 Å². The van der Waals surface area contributed by atoms with Crippen molar-refractivity contribution < 1.29 is 4.92 Å². The fraction of sp³-hybridized carbons (Fsp3) is 0.526. The minimum atomic E-state index is -0.350. The first-order chi connectivity index (χ1) is 12.6. The van der Waals surface area contributed by atoms with Crippen LogP contribution in [-0.2, 0) is 12.8 Å². The Balaban J connectivity index is 1.63. The average Bonchev–Trinajstić information content (AvgIpc) is 3.24. The summed E-state index contributed by atoms with van der Waals surface area (Å²) in [5.41, 5.74) is 4.27. The number of rotatable bonds is 5. The van der Waals surface area contributed by atoms with Crippen LogP contribution in [0, 0.1) is 17.0 Å². The van der Waals surface area contributed by atoms with Gasteiger partial charge in [0, 0.05) is 37.2 Å². The average molecular weight is 355 g/mol. The number of nitro groups is 1. The van der Waals surface area contributed by atoms with Gasteiger partial charge in [-0.3, -0.25) is 10.1 Å². The van der Waals surface area contributed by atoms with Crippen molar-refractivity contribution >= 4 is 11.5 Å². The van der Waals surface area contributed by atoms with E-state index in [0.29, 0.717) is 0 Å². The molecule has 1 N–H and O–H groups in total. The van der Waals surface area contributed by atoms with Crippen LogP contribution in [0.1, 0.15) is 36.1 Å². The van der Waals surface area contributed by atoms with Crippen LogP contribution in [0.2, 0.25) is 0 Å². The second kappa shape index (κ2) is 7.07. The molecule has 0 atom stereocenters. The van der Waals surface area contributed by atoms with E-state index >= 15 is 0 Å². The molecular formula is C19H25N5O2. The molecule has 3 heterocycles. The van der Waals surface area contributed by atoms with Crippen LogP contribution in [-0.4, -0.2) is 45.8 Å². The van der Waals surface area contributed by atoms with Gasteiger partial charge in [-0.15, -0.1) is 0 Å². The summed E-state index contributed by atoms with van der Waals surface area (Å²) >= 11 is 0. The maximum Gasteiger partial charge on any atom is 0.271 e. The van der Waals surface area contributed by atoms with E-state index in [1.54, 1.807) is 18.2 Å². The van der Waals surface area contributed by atoms with Gasteiger partial charge in [-0.25, -0.2) is 4.68 Å². The molecule has 1 fully saturated rings. The summed E-state index contributed by atoms with van der Waals surface area (Å²) < 4.78 is 1.87. The number of nitrogens with zero attached hydrogens (tertiary/aromatic N) is 4. The van der Waals surface area contributed by atoms with E-state index in [2.05, 4.69) is 10.2 Å². The Morgan fingerprint density at radius 2 is 2.08 bits per heavy atom. The third kappa shape index (κ3) is 3.19. The highest BCUT2D eigenvalue weighted by atomic mass is 16.6. The number of nitro benzene ring substituents is 1. The molecule has 0 saturated carbocycles. The molecule has 0 amide bonds. The van der Waals surface area contributed by atoms with Crippen LogP contribution in [0.25, 0.3) is 5.69 Å². The largest absolute Gasteiger partial charge is 0.369 e. The van der Waals surface area contributed by atoms with Gasteiger partial charge in [0.1, 0.15) is 5.82 Å². The van der Waals surface area contributed by atoms with Gasteiger partial charge in [0.05, 0.1) is 16.3 Å². The summed E-state index contributed by atoms with van der Waals surface area (Å²) in [5, 5.41) is 19.4. The van der Waals surface area contributed by atoms with Gasteiger partial charge < -0.3 is 10.2 Å². The Hall–Kier alpha value is -2.41. The number of hydrogen-bond donors (Lipinski definition) is 1. The molecule has 0 bridgehead atoms. The molecule has 4 rings (SSSR count). The summed E-state index contributed by atoms with van der Waals surface area (Å²) in [4.78, 5) is 13.3. The molecule has 2 aliphatic rings. The molecule has 0 radical (unpaired) electrons. The summed E-state index contributed by atoms with van der Waals surface area (Å²) in [6, 6.07) is 4.97. The van der Waals surface area contributed by atoms with E-state index < -0.39 is 0 Å². The van der Waals surface area contributed by atoms with Crippen molar-refractivity contribution in [1.29, 1.82) is 0 Å². The molecule has 1 aromatic heterocycles. The smallest absolute Gasteiger partial charge is 0.271 e. The number of aryl methyl sites for hydroxylation is 1. The van der Waals surface area contributed by atoms with Crippen LogP contribution >= 0.6 is 0 Å². The van der Waals surface area contributed by atoms with Crippen LogP contribution in [0.4, 0.5) is 11.5 Å².